The Morgan fingerprint density at radius 1 is 1.32 bits per heavy atom. The van der Waals surface area contributed by atoms with Crippen LogP contribution in [0, 0.1) is 25.2 Å². The smallest absolute Gasteiger partial charge is 0.229 e. The third-order valence-corrected chi connectivity index (χ3v) is 4.56. The van der Waals surface area contributed by atoms with Gasteiger partial charge in [-0.3, -0.25) is 4.79 Å². The van der Waals surface area contributed by atoms with Gasteiger partial charge in [0, 0.05) is 12.2 Å². The van der Waals surface area contributed by atoms with Crippen LogP contribution >= 0.6 is 0 Å². The number of aryl methyl sites for hydroxylation is 2. The molecule has 4 heteroatoms. The zero-order valence-corrected chi connectivity index (χ0v) is 13.4. The van der Waals surface area contributed by atoms with Gasteiger partial charge in [-0.15, -0.1) is 0 Å². The Bertz CT molecular complexity index is 583. The summed E-state index contributed by atoms with van der Waals surface area (Å²) in [6.07, 6.45) is 3.77. The first-order valence-corrected chi connectivity index (χ1v) is 7.92. The number of anilines is 1. The molecular weight excluding hydrogens is 276 g/mol. The van der Waals surface area contributed by atoms with Gasteiger partial charge in [0.05, 0.1) is 24.5 Å². The van der Waals surface area contributed by atoms with Crippen molar-refractivity contribution >= 4 is 11.6 Å². The van der Waals surface area contributed by atoms with Crippen molar-refractivity contribution in [1.82, 2.24) is 0 Å². The van der Waals surface area contributed by atoms with Crippen molar-refractivity contribution in [2.45, 2.75) is 58.0 Å². The first-order valence-electron chi connectivity index (χ1n) is 7.92. The molecule has 1 saturated carbocycles. The molecule has 0 spiro atoms. The monoisotopic (exact) mass is 300 g/mol. The molecule has 1 amide bonds. The van der Waals surface area contributed by atoms with E-state index in [0.29, 0.717) is 19.4 Å². The van der Waals surface area contributed by atoms with Crippen LogP contribution in [0.3, 0.4) is 0 Å². The van der Waals surface area contributed by atoms with E-state index >= 15 is 0 Å². The lowest BCUT2D eigenvalue weighted by Crippen LogP contribution is -2.38. The van der Waals surface area contributed by atoms with Gasteiger partial charge < -0.3 is 10.0 Å². The lowest BCUT2D eigenvalue weighted by molar-refractivity contribution is -0.123. The number of hydrogen-bond donors (Lipinski definition) is 1. The highest BCUT2D eigenvalue weighted by Gasteiger charge is 2.35. The number of hydrogen-bond acceptors (Lipinski definition) is 3. The molecule has 1 N–H and O–H groups in total. The minimum Gasteiger partial charge on any atom is -0.389 e. The second-order valence-corrected chi connectivity index (χ2v) is 6.33. The third-order valence-electron chi connectivity index (χ3n) is 4.56. The molecule has 0 radical (unpaired) electrons. The van der Waals surface area contributed by atoms with E-state index in [-0.39, 0.29) is 18.7 Å². The summed E-state index contributed by atoms with van der Waals surface area (Å²) in [4.78, 5) is 14.3. The maximum Gasteiger partial charge on any atom is 0.229 e. The summed E-state index contributed by atoms with van der Waals surface area (Å²) in [5.41, 5.74) is 2.24. The topological polar surface area (TPSA) is 64.3 Å². The maximum absolute atomic E-state index is 12.7. The van der Waals surface area contributed by atoms with Gasteiger partial charge in [-0.1, -0.05) is 18.9 Å². The van der Waals surface area contributed by atoms with Crippen LogP contribution in [-0.2, 0) is 4.79 Å². The van der Waals surface area contributed by atoms with Crippen molar-refractivity contribution in [3.05, 3.63) is 29.3 Å². The second kappa shape index (κ2) is 6.93. The van der Waals surface area contributed by atoms with Crippen molar-refractivity contribution < 1.29 is 9.90 Å². The first-order chi connectivity index (χ1) is 10.4. The first kappa shape index (κ1) is 16.5. The number of nitriles is 1. The van der Waals surface area contributed by atoms with Gasteiger partial charge in [0.15, 0.2) is 0 Å². The molecule has 1 aliphatic carbocycles. The summed E-state index contributed by atoms with van der Waals surface area (Å²) < 4.78 is 0. The van der Waals surface area contributed by atoms with Gasteiger partial charge in [0.2, 0.25) is 5.91 Å². The summed E-state index contributed by atoms with van der Waals surface area (Å²) in [6, 6.07) is 7.97. The minimum absolute atomic E-state index is 0.0945. The standard InChI is InChI=1S/C18H24N2O2/c1-14-6-7-16(12-15(14)2)20(11-5-10-19)17(21)13-18(22)8-3-4-9-18/h6-7,12,22H,3-5,8-9,11,13H2,1-2H3. The van der Waals surface area contributed by atoms with Gasteiger partial charge >= 0.3 is 0 Å². The minimum atomic E-state index is -0.859. The maximum atomic E-state index is 12.7. The summed E-state index contributed by atoms with van der Waals surface area (Å²) in [7, 11) is 0. The van der Waals surface area contributed by atoms with E-state index in [1.165, 1.54) is 5.56 Å². The molecule has 1 aliphatic rings. The quantitative estimate of drug-likeness (QED) is 0.908. The fourth-order valence-electron chi connectivity index (χ4n) is 3.04. The van der Waals surface area contributed by atoms with Crippen molar-refractivity contribution in [1.29, 1.82) is 5.26 Å². The van der Waals surface area contributed by atoms with Crippen LogP contribution in [0.4, 0.5) is 5.69 Å². The number of carbonyl (C=O) groups excluding carboxylic acids is 1. The van der Waals surface area contributed by atoms with Gasteiger partial charge in [0.1, 0.15) is 0 Å². The zero-order chi connectivity index (χ0) is 16.2. The van der Waals surface area contributed by atoms with Crippen LogP contribution < -0.4 is 4.90 Å². The van der Waals surface area contributed by atoms with Crippen molar-refractivity contribution in [3.63, 3.8) is 0 Å². The highest BCUT2D eigenvalue weighted by atomic mass is 16.3. The zero-order valence-electron chi connectivity index (χ0n) is 13.4. The van der Waals surface area contributed by atoms with E-state index in [4.69, 9.17) is 5.26 Å². The summed E-state index contributed by atoms with van der Waals surface area (Å²) in [6.45, 7) is 4.41. The number of aliphatic hydroxyl groups is 1. The van der Waals surface area contributed by atoms with Crippen LogP contribution in [-0.4, -0.2) is 23.2 Å². The number of carbonyl (C=O) groups is 1. The van der Waals surface area contributed by atoms with E-state index < -0.39 is 5.60 Å². The molecule has 1 fully saturated rings. The lowest BCUT2D eigenvalue weighted by atomic mass is 9.97. The van der Waals surface area contributed by atoms with Crippen LogP contribution in [0.15, 0.2) is 18.2 Å². The Hall–Kier alpha value is -1.86. The van der Waals surface area contributed by atoms with E-state index in [2.05, 4.69) is 6.07 Å². The fourth-order valence-corrected chi connectivity index (χ4v) is 3.04. The Balaban J connectivity index is 2.19. The van der Waals surface area contributed by atoms with Crippen molar-refractivity contribution in [2.75, 3.05) is 11.4 Å². The Morgan fingerprint density at radius 2 is 2.00 bits per heavy atom. The largest absolute Gasteiger partial charge is 0.389 e. The van der Waals surface area contributed by atoms with Crippen molar-refractivity contribution in [3.8, 4) is 6.07 Å². The van der Waals surface area contributed by atoms with Gasteiger partial charge in [0.25, 0.3) is 0 Å². The number of rotatable bonds is 5. The van der Waals surface area contributed by atoms with E-state index in [9.17, 15) is 9.90 Å². The molecule has 1 aromatic carbocycles. The van der Waals surface area contributed by atoms with Gasteiger partial charge in [-0.25, -0.2) is 0 Å². The molecule has 0 saturated heterocycles. The highest BCUT2D eigenvalue weighted by Crippen LogP contribution is 2.33. The Labute approximate surface area is 132 Å². The Kier molecular flexibility index (Phi) is 5.20. The normalized spacial score (nSPS) is 16.3. The van der Waals surface area contributed by atoms with Crippen LogP contribution in [0.1, 0.15) is 49.7 Å². The van der Waals surface area contributed by atoms with Gasteiger partial charge in [-0.05, 0) is 49.9 Å². The molecule has 2 rings (SSSR count). The van der Waals surface area contributed by atoms with E-state index in [1.54, 1.807) is 4.90 Å². The lowest BCUT2D eigenvalue weighted by Gasteiger charge is -2.28. The molecule has 0 unspecified atom stereocenters. The predicted molar refractivity (Wildman–Crippen MR) is 86.5 cm³/mol. The molecule has 0 heterocycles. The molecule has 0 aromatic heterocycles. The van der Waals surface area contributed by atoms with E-state index in [0.717, 1.165) is 24.1 Å². The van der Waals surface area contributed by atoms with Crippen molar-refractivity contribution in [2.24, 2.45) is 0 Å². The molecule has 4 nitrogen and oxygen atoms in total. The predicted octanol–water partition coefficient (Wildman–Crippen LogP) is 3.25. The third kappa shape index (κ3) is 3.86. The summed E-state index contributed by atoms with van der Waals surface area (Å²) >= 11 is 0. The van der Waals surface area contributed by atoms with Crippen LogP contribution in [0.5, 0.6) is 0 Å². The Morgan fingerprint density at radius 3 is 2.59 bits per heavy atom. The number of benzene rings is 1. The number of nitrogens with zero attached hydrogens (tertiary/aromatic N) is 2. The van der Waals surface area contributed by atoms with Crippen LogP contribution in [0.25, 0.3) is 0 Å². The van der Waals surface area contributed by atoms with Crippen LogP contribution in [0.2, 0.25) is 0 Å². The SMILES string of the molecule is Cc1ccc(N(CCC#N)C(=O)CC2(O)CCCC2)cc1C. The summed E-state index contributed by atoms with van der Waals surface area (Å²) in [5.74, 6) is -0.0945. The average Bonchev–Trinajstić information content (AvgIpc) is 2.89. The molecule has 0 bridgehead atoms. The molecular formula is C18H24N2O2. The van der Waals surface area contributed by atoms with E-state index in [1.807, 2.05) is 32.0 Å². The number of amides is 1. The summed E-state index contributed by atoms with van der Waals surface area (Å²) in [5, 5.41) is 19.3. The fraction of sp³-hybridized carbons (Fsp3) is 0.556. The van der Waals surface area contributed by atoms with Gasteiger partial charge in [-0.2, -0.15) is 5.26 Å². The second-order valence-electron chi connectivity index (χ2n) is 6.33. The average molecular weight is 300 g/mol. The highest BCUT2D eigenvalue weighted by molar-refractivity contribution is 5.94. The molecule has 1 aromatic rings. The molecule has 22 heavy (non-hydrogen) atoms. The molecule has 118 valence electrons. The molecule has 0 atom stereocenters. The molecule has 0 aliphatic heterocycles.